The minimum atomic E-state index is 0.356. The fourth-order valence-electron chi connectivity index (χ4n) is 2.62. The van der Waals surface area contributed by atoms with Crippen LogP contribution in [-0.2, 0) is 0 Å². The molecule has 0 bridgehead atoms. The van der Waals surface area contributed by atoms with Gasteiger partial charge in [-0.1, -0.05) is 30.3 Å². The third kappa shape index (κ3) is 2.16. The second kappa shape index (κ2) is 4.87. The van der Waals surface area contributed by atoms with Crippen molar-refractivity contribution in [2.75, 3.05) is 5.32 Å². The molecule has 20 heavy (non-hydrogen) atoms. The second-order valence-electron chi connectivity index (χ2n) is 5.23. The highest BCUT2D eigenvalue weighted by Crippen LogP contribution is 2.43. The Balaban J connectivity index is 1.70. The van der Waals surface area contributed by atoms with Crippen molar-refractivity contribution >= 4 is 27.4 Å². The maximum Gasteiger partial charge on any atom is 0.138 e. The predicted molar refractivity (Wildman–Crippen MR) is 82.9 cm³/mol. The van der Waals surface area contributed by atoms with Crippen LogP contribution in [0, 0.1) is 5.92 Å². The Kier molecular flexibility index (Phi) is 2.89. The van der Waals surface area contributed by atoms with Crippen molar-refractivity contribution in [3.63, 3.8) is 0 Å². The van der Waals surface area contributed by atoms with Gasteiger partial charge in [0.25, 0.3) is 0 Å². The molecule has 3 aromatic rings. The number of hydrogen-bond donors (Lipinski definition) is 1. The molecule has 1 unspecified atom stereocenters. The fraction of sp³-hybridized carbons (Fsp3) is 0.250. The van der Waals surface area contributed by atoms with E-state index in [1.807, 2.05) is 0 Å². The molecule has 0 saturated heterocycles. The number of benzene rings is 1. The van der Waals surface area contributed by atoms with Crippen molar-refractivity contribution < 1.29 is 0 Å². The summed E-state index contributed by atoms with van der Waals surface area (Å²) in [6.07, 6.45) is 4.24. The molecule has 1 N–H and O–H groups in total. The Morgan fingerprint density at radius 1 is 1.10 bits per heavy atom. The predicted octanol–water partition coefficient (Wildman–Crippen LogP) is 4.25. The molecule has 0 aliphatic heterocycles. The van der Waals surface area contributed by atoms with Crippen LogP contribution in [0.3, 0.4) is 0 Å². The first kappa shape index (κ1) is 11.9. The number of anilines is 1. The lowest BCUT2D eigenvalue weighted by atomic mass is 10.0. The quantitative estimate of drug-likeness (QED) is 0.776. The molecule has 4 heteroatoms. The van der Waals surface area contributed by atoms with E-state index in [2.05, 4.69) is 57.1 Å². The number of thiophene rings is 1. The molecule has 1 fully saturated rings. The molecule has 100 valence electrons. The molecule has 3 nitrogen and oxygen atoms in total. The highest BCUT2D eigenvalue weighted by Gasteiger charge is 2.32. The van der Waals surface area contributed by atoms with Crippen LogP contribution in [0.4, 0.5) is 5.82 Å². The zero-order chi connectivity index (χ0) is 13.4. The van der Waals surface area contributed by atoms with Crippen molar-refractivity contribution in [3.8, 4) is 0 Å². The van der Waals surface area contributed by atoms with E-state index in [-0.39, 0.29) is 0 Å². The van der Waals surface area contributed by atoms with Crippen molar-refractivity contribution in [1.82, 2.24) is 9.97 Å². The van der Waals surface area contributed by atoms with E-state index in [4.69, 9.17) is 0 Å². The first-order valence-electron chi connectivity index (χ1n) is 6.91. The van der Waals surface area contributed by atoms with E-state index in [0.717, 1.165) is 22.0 Å². The summed E-state index contributed by atoms with van der Waals surface area (Å²) in [7, 11) is 0. The summed E-state index contributed by atoms with van der Waals surface area (Å²) in [5.74, 6) is 1.68. The van der Waals surface area contributed by atoms with Gasteiger partial charge in [0.2, 0.25) is 0 Å². The van der Waals surface area contributed by atoms with E-state index in [9.17, 15) is 0 Å². The maximum absolute atomic E-state index is 4.44. The Morgan fingerprint density at radius 3 is 2.75 bits per heavy atom. The number of nitrogens with one attached hydrogen (secondary N) is 1. The van der Waals surface area contributed by atoms with Crippen LogP contribution in [0.15, 0.2) is 48.1 Å². The summed E-state index contributed by atoms with van der Waals surface area (Å²) >= 11 is 1.66. The average molecular weight is 281 g/mol. The van der Waals surface area contributed by atoms with Gasteiger partial charge in [-0.2, -0.15) is 0 Å². The zero-order valence-corrected chi connectivity index (χ0v) is 11.8. The zero-order valence-electron chi connectivity index (χ0n) is 11.0. The van der Waals surface area contributed by atoms with Crippen LogP contribution >= 0.6 is 11.3 Å². The van der Waals surface area contributed by atoms with Gasteiger partial charge < -0.3 is 5.32 Å². The average Bonchev–Trinajstić information content (AvgIpc) is 3.22. The highest BCUT2D eigenvalue weighted by atomic mass is 32.1. The van der Waals surface area contributed by atoms with E-state index in [0.29, 0.717) is 6.04 Å². The smallest absolute Gasteiger partial charge is 0.138 e. The Hall–Kier alpha value is -1.94. The minimum Gasteiger partial charge on any atom is -0.362 e. The lowest BCUT2D eigenvalue weighted by Gasteiger charge is -2.19. The van der Waals surface area contributed by atoms with Gasteiger partial charge in [-0.05, 0) is 35.8 Å². The molecule has 4 rings (SSSR count). The minimum absolute atomic E-state index is 0.356. The molecule has 1 aromatic carbocycles. The van der Waals surface area contributed by atoms with Gasteiger partial charge in [0.15, 0.2) is 0 Å². The largest absolute Gasteiger partial charge is 0.362 e. The third-order valence-corrected chi connectivity index (χ3v) is 4.63. The van der Waals surface area contributed by atoms with Crippen LogP contribution in [-0.4, -0.2) is 9.97 Å². The van der Waals surface area contributed by atoms with E-state index < -0.39 is 0 Å². The van der Waals surface area contributed by atoms with Gasteiger partial charge in [-0.25, -0.2) is 9.97 Å². The first-order chi connectivity index (χ1) is 9.92. The van der Waals surface area contributed by atoms with Crippen LogP contribution in [0.1, 0.15) is 24.4 Å². The Labute approximate surface area is 121 Å². The molecule has 0 spiro atoms. The molecule has 2 aromatic heterocycles. The lowest BCUT2D eigenvalue weighted by molar-refractivity contribution is 0.676. The molecule has 1 saturated carbocycles. The van der Waals surface area contributed by atoms with E-state index in [1.165, 1.54) is 18.4 Å². The van der Waals surface area contributed by atoms with Crippen LogP contribution < -0.4 is 5.32 Å². The van der Waals surface area contributed by atoms with E-state index >= 15 is 0 Å². The standard InChI is InChI=1S/C16H15N3S/c1-2-4-11(5-3-1)14(12-6-7-12)19-15-13-8-9-20-16(13)18-10-17-15/h1-5,8-10,12,14H,6-7H2,(H,17,18,19). The molecular formula is C16H15N3S. The number of nitrogens with zero attached hydrogens (tertiary/aromatic N) is 2. The van der Waals surface area contributed by atoms with Crippen LogP contribution in [0.5, 0.6) is 0 Å². The van der Waals surface area contributed by atoms with Crippen molar-refractivity contribution in [2.45, 2.75) is 18.9 Å². The van der Waals surface area contributed by atoms with Crippen LogP contribution in [0.2, 0.25) is 0 Å². The Bertz CT molecular complexity index is 719. The fourth-order valence-corrected chi connectivity index (χ4v) is 3.35. The van der Waals surface area contributed by atoms with Crippen molar-refractivity contribution in [3.05, 3.63) is 53.7 Å². The van der Waals surface area contributed by atoms with Gasteiger partial charge in [0.1, 0.15) is 17.0 Å². The summed E-state index contributed by atoms with van der Waals surface area (Å²) in [4.78, 5) is 9.80. The molecule has 1 atom stereocenters. The normalized spacial score (nSPS) is 16.2. The van der Waals surface area contributed by atoms with Gasteiger partial charge in [-0.15, -0.1) is 11.3 Å². The summed E-state index contributed by atoms with van der Waals surface area (Å²) < 4.78 is 0. The molecule has 0 amide bonds. The summed E-state index contributed by atoms with van der Waals surface area (Å²) in [6, 6.07) is 13.1. The van der Waals surface area contributed by atoms with Gasteiger partial charge >= 0.3 is 0 Å². The first-order valence-corrected chi connectivity index (χ1v) is 7.79. The Morgan fingerprint density at radius 2 is 1.95 bits per heavy atom. The van der Waals surface area contributed by atoms with E-state index in [1.54, 1.807) is 17.7 Å². The van der Waals surface area contributed by atoms with Gasteiger partial charge in [0.05, 0.1) is 11.4 Å². The molecule has 2 heterocycles. The lowest BCUT2D eigenvalue weighted by Crippen LogP contribution is -2.14. The highest BCUT2D eigenvalue weighted by molar-refractivity contribution is 7.16. The number of fused-ring (bicyclic) bond motifs is 1. The van der Waals surface area contributed by atoms with Crippen molar-refractivity contribution in [2.24, 2.45) is 5.92 Å². The van der Waals surface area contributed by atoms with Crippen LogP contribution in [0.25, 0.3) is 10.2 Å². The van der Waals surface area contributed by atoms with Gasteiger partial charge in [-0.3, -0.25) is 0 Å². The maximum atomic E-state index is 4.44. The molecule has 1 aliphatic rings. The number of aromatic nitrogens is 2. The topological polar surface area (TPSA) is 37.8 Å². The SMILES string of the molecule is c1ccc(C(Nc2ncnc3sccc23)C2CC2)cc1. The number of rotatable bonds is 4. The second-order valence-corrected chi connectivity index (χ2v) is 6.13. The summed E-state index contributed by atoms with van der Waals surface area (Å²) in [5, 5.41) is 6.83. The van der Waals surface area contributed by atoms with Gasteiger partial charge in [0, 0.05) is 0 Å². The third-order valence-electron chi connectivity index (χ3n) is 3.81. The molecule has 1 aliphatic carbocycles. The number of hydrogen-bond acceptors (Lipinski definition) is 4. The summed E-state index contributed by atoms with van der Waals surface area (Å²) in [5.41, 5.74) is 1.34. The molecule has 0 radical (unpaired) electrons. The van der Waals surface area contributed by atoms with Crippen molar-refractivity contribution in [1.29, 1.82) is 0 Å². The summed E-state index contributed by atoms with van der Waals surface area (Å²) in [6.45, 7) is 0. The monoisotopic (exact) mass is 281 g/mol. The molecular weight excluding hydrogens is 266 g/mol.